The van der Waals surface area contributed by atoms with Gasteiger partial charge in [0.05, 0.1) is 0 Å². The number of hydrogen-bond donors (Lipinski definition) is 1. The van der Waals surface area contributed by atoms with Gasteiger partial charge in [0.15, 0.2) is 0 Å². The van der Waals surface area contributed by atoms with Crippen LogP contribution in [0.1, 0.15) is 13.8 Å². The van der Waals surface area contributed by atoms with Crippen LogP contribution in [-0.2, 0) is 30.9 Å². The van der Waals surface area contributed by atoms with Gasteiger partial charge >= 0.3 is 75.4 Å². The van der Waals surface area contributed by atoms with Crippen molar-refractivity contribution in [1.82, 2.24) is 0 Å². The van der Waals surface area contributed by atoms with Crippen molar-refractivity contribution in [2.45, 2.75) is 22.1 Å². The van der Waals surface area contributed by atoms with Crippen LogP contribution in [0.2, 0.25) is 3.80 Å². The van der Waals surface area contributed by atoms with Crippen LogP contribution >= 0.6 is 9.42 Å². The molecule has 1 rings (SSSR count). The van der Waals surface area contributed by atoms with Crippen LogP contribution in [0, 0.1) is 0 Å². The summed E-state index contributed by atoms with van der Waals surface area (Å²) in [6.07, 6.45) is 0. The van der Waals surface area contributed by atoms with Gasteiger partial charge in [-0.3, -0.25) is 0 Å². The third-order valence-corrected chi connectivity index (χ3v) is 11.2. The minimum atomic E-state index is -4.31. The molecule has 11 heavy (non-hydrogen) atoms. The number of halogens is 1. The average molecular weight is 383 g/mol. The van der Waals surface area contributed by atoms with E-state index in [9.17, 15) is 8.42 Å². The third-order valence-electron chi connectivity index (χ3n) is 1.18. The van der Waals surface area contributed by atoms with Gasteiger partial charge < -0.3 is 0 Å². The third kappa shape index (κ3) is 2.16. The van der Waals surface area contributed by atoms with E-state index in [0.29, 0.717) is 0 Å². The zero-order valence-electron chi connectivity index (χ0n) is 5.85. The molecule has 0 spiro atoms. The van der Waals surface area contributed by atoms with E-state index in [-0.39, 0.29) is 3.80 Å². The normalized spacial score (nSPS) is 32.0. The van der Waals surface area contributed by atoms with Crippen LogP contribution in [0.4, 0.5) is 0 Å². The molecule has 71 valence electrons. The summed E-state index contributed by atoms with van der Waals surface area (Å²) in [5.74, 6) is 0. The molecule has 4 nitrogen and oxygen atoms in total. The Morgan fingerprint density at radius 3 is 2.09 bits per heavy atom. The average Bonchev–Trinajstić information content (AvgIpc) is 2.14. The molecule has 7 heteroatoms. The van der Waals surface area contributed by atoms with Gasteiger partial charge in [0.1, 0.15) is 0 Å². The van der Waals surface area contributed by atoms with Crippen molar-refractivity contribution in [1.29, 1.82) is 0 Å². The fraction of sp³-hybridized carbons (Fsp3) is 1.00. The van der Waals surface area contributed by atoms with E-state index >= 15 is 0 Å². The second-order valence-electron chi connectivity index (χ2n) is 2.51. The fourth-order valence-corrected chi connectivity index (χ4v) is 8.78. The summed E-state index contributed by atoms with van der Waals surface area (Å²) < 4.78 is 32.4. The zero-order valence-corrected chi connectivity index (χ0v) is 9.70. The SMILES string of the molecule is C[C]1(C)[CH](OS(=O)(=O)O)[Pt]1[Cl]. The minimum absolute atomic E-state index is 0.206. The molecule has 1 aliphatic rings. The van der Waals surface area contributed by atoms with Crippen molar-refractivity contribution in [2.24, 2.45) is 0 Å². The first-order chi connectivity index (χ1) is 4.75. The topological polar surface area (TPSA) is 63.6 Å². The monoisotopic (exact) mass is 382 g/mol. The molecular formula is C4H8ClO4PtS. The van der Waals surface area contributed by atoms with E-state index in [1.807, 2.05) is 13.8 Å². The Bertz CT molecular complexity index is 261. The van der Waals surface area contributed by atoms with Crippen LogP contribution in [0.25, 0.3) is 0 Å². The Labute approximate surface area is 75.3 Å². The van der Waals surface area contributed by atoms with E-state index in [0.717, 1.165) is 0 Å². The Balaban J connectivity index is 2.58. The summed E-state index contributed by atoms with van der Waals surface area (Å²) in [4.78, 5) is 0. The van der Waals surface area contributed by atoms with Gasteiger partial charge in [-0.2, -0.15) is 0 Å². The Hall–Kier alpha value is 0.848. The molecule has 1 aliphatic heterocycles. The molecule has 1 heterocycles. The van der Waals surface area contributed by atoms with Gasteiger partial charge in [-0.15, -0.1) is 0 Å². The van der Waals surface area contributed by atoms with Crippen molar-refractivity contribution < 1.29 is 33.4 Å². The van der Waals surface area contributed by atoms with Crippen LogP contribution in [0.5, 0.6) is 0 Å². The summed E-state index contributed by atoms with van der Waals surface area (Å²) in [6.45, 7) is 3.67. The maximum absolute atomic E-state index is 10.2. The van der Waals surface area contributed by atoms with E-state index in [1.54, 1.807) is 0 Å². The molecule has 0 aromatic carbocycles. The quantitative estimate of drug-likeness (QED) is 0.727. The summed E-state index contributed by atoms with van der Waals surface area (Å²) in [5.41, 5.74) is 0. The fourth-order valence-electron chi connectivity index (χ4n) is 0.519. The van der Waals surface area contributed by atoms with Gasteiger partial charge in [0.2, 0.25) is 0 Å². The Morgan fingerprint density at radius 1 is 1.64 bits per heavy atom. The summed E-state index contributed by atoms with van der Waals surface area (Å²) in [7, 11) is 1.50. The molecule has 0 saturated carbocycles. The van der Waals surface area contributed by atoms with Crippen LogP contribution < -0.4 is 0 Å². The molecule has 1 fully saturated rings. The molecule has 1 unspecified atom stereocenters. The molecule has 0 aliphatic carbocycles. The van der Waals surface area contributed by atoms with E-state index in [2.05, 4.69) is 4.18 Å². The standard InChI is InChI=1S/C4H8O4S.ClH.Pt/c1-4(2)3-8-9(5,6)7;;/h3H,1-2H3,(H,5,6,7);1H;/q;;+1/p-1. The van der Waals surface area contributed by atoms with Crippen molar-refractivity contribution in [3.63, 3.8) is 0 Å². The molecular weight excluding hydrogens is 375 g/mol. The van der Waals surface area contributed by atoms with Crippen molar-refractivity contribution >= 4 is 19.8 Å². The number of rotatable bonds is 2. The van der Waals surface area contributed by atoms with Crippen molar-refractivity contribution in [3.8, 4) is 0 Å². The van der Waals surface area contributed by atoms with Crippen LogP contribution in [-0.4, -0.2) is 17.5 Å². The summed E-state index contributed by atoms with van der Waals surface area (Å²) in [6, 6.07) is 0. The van der Waals surface area contributed by atoms with Crippen molar-refractivity contribution in [3.05, 3.63) is 0 Å². The predicted molar refractivity (Wildman–Crippen MR) is 36.3 cm³/mol. The van der Waals surface area contributed by atoms with Gasteiger partial charge in [-0.25, -0.2) is 0 Å². The molecule has 0 aromatic rings. The molecule has 0 radical (unpaired) electrons. The molecule has 1 saturated heterocycles. The molecule has 1 atom stereocenters. The molecule has 0 aromatic heterocycles. The van der Waals surface area contributed by atoms with Crippen LogP contribution in [0.3, 0.4) is 0 Å². The second kappa shape index (κ2) is 2.67. The molecule has 0 bridgehead atoms. The summed E-state index contributed by atoms with van der Waals surface area (Å²) >= 11 is -1.77. The Kier molecular flexibility index (Phi) is 2.41. The molecule has 1 N–H and O–H groups in total. The first-order valence-electron chi connectivity index (χ1n) is 2.67. The number of hydrogen-bond acceptors (Lipinski definition) is 3. The predicted octanol–water partition coefficient (Wildman–Crippen LogP) is 1.12. The van der Waals surface area contributed by atoms with Gasteiger partial charge in [-0.1, -0.05) is 0 Å². The van der Waals surface area contributed by atoms with Gasteiger partial charge in [0, 0.05) is 0 Å². The van der Waals surface area contributed by atoms with E-state index in [1.165, 1.54) is 0 Å². The van der Waals surface area contributed by atoms with Crippen LogP contribution in [0.15, 0.2) is 0 Å². The van der Waals surface area contributed by atoms with E-state index in [4.69, 9.17) is 14.0 Å². The zero-order chi connectivity index (χ0) is 8.86. The second-order valence-corrected chi connectivity index (χ2v) is 11.4. The van der Waals surface area contributed by atoms with Crippen molar-refractivity contribution in [2.75, 3.05) is 0 Å². The first kappa shape index (κ1) is 9.93. The molecule has 0 amide bonds. The Morgan fingerprint density at radius 2 is 2.00 bits per heavy atom. The van der Waals surface area contributed by atoms with E-state index < -0.39 is 31.2 Å². The first-order valence-corrected chi connectivity index (χ1v) is 9.30. The van der Waals surface area contributed by atoms with Gasteiger partial charge in [-0.05, 0) is 0 Å². The van der Waals surface area contributed by atoms with Gasteiger partial charge in [0.25, 0.3) is 0 Å². The summed E-state index contributed by atoms with van der Waals surface area (Å²) in [5, 5.41) is 0. The maximum atomic E-state index is 10.2.